The zero-order valence-electron chi connectivity index (χ0n) is 59.1. The lowest BCUT2D eigenvalue weighted by Gasteiger charge is -2.38. The Hall–Kier alpha value is -13.7. The second kappa shape index (κ2) is 31.6. The molecule has 0 N–H and O–H groups in total. The third kappa shape index (κ3) is 12.7. The van der Waals surface area contributed by atoms with Gasteiger partial charge in [0.05, 0.1) is 28.4 Å². The molecule has 12 aromatic rings. The summed E-state index contributed by atoms with van der Waals surface area (Å²) in [5, 5.41) is -1.80. The number of hydrogen-bond acceptors (Lipinski definition) is 8. The molecule has 0 saturated carbocycles. The molecule has 4 amide bonds. The predicted octanol–water partition coefficient (Wildman–Crippen LogP) is 13.6. The Bertz CT molecular complexity index is 5480. The highest BCUT2D eigenvalue weighted by atomic mass is 19.2. The number of rotatable bonds is 14. The van der Waals surface area contributed by atoms with Gasteiger partial charge in [0.2, 0.25) is 0 Å². The molecule has 0 aliphatic carbocycles. The normalized spacial score (nSPS) is 12.6. The SMILES string of the molecule is COc1cccc(OC)c1.COc1cccc(OC)c1.O=C1c2ccc3c4c(ccc(c24)C(=O)N1c1ccc[n+]([B-](c2c(F)c(F)c(F)c(F)c2F)(c2c(F)c(F)c(F)c(F)c2F)c2c(F)c(F)c(F)c(F)c2F)c1)C(=O)N(c1ccc[n+]([B-](c2c(F)c(F)c(F)c(F)c2F)(c2c(F)c(F)c(F)c(F)c2F)c2c(F)c(F)c(F)c(F)c2F)c1)C3=O. The van der Waals surface area contributed by atoms with E-state index in [0.717, 1.165) is 23.0 Å². The first-order valence-corrected chi connectivity index (χ1v) is 32.8. The van der Waals surface area contributed by atoms with Crippen LogP contribution in [0.15, 0.2) is 122 Å². The molecule has 0 fully saturated rings. The summed E-state index contributed by atoms with van der Waals surface area (Å²) in [6.45, 7) is 0. The lowest BCUT2D eigenvalue weighted by atomic mass is 9.23. The molecule has 0 atom stereocenters. The second-order valence-corrected chi connectivity index (χ2v) is 25.3. The number of hydrogen-bond donors (Lipinski definition) is 0. The van der Waals surface area contributed by atoms with Crippen molar-refractivity contribution in [1.82, 2.24) is 0 Å². The molecule has 2 aromatic heterocycles. The zero-order chi connectivity index (χ0) is 88.3. The summed E-state index contributed by atoms with van der Waals surface area (Å²) >= 11 is 0. The van der Waals surface area contributed by atoms with E-state index in [-0.39, 0.29) is 46.7 Å². The number of carbonyl (C=O) groups excluding carboxylic acids is 4. The summed E-state index contributed by atoms with van der Waals surface area (Å²) in [5.41, 5.74) is -26.0. The lowest BCUT2D eigenvalue weighted by Crippen LogP contribution is -2.88. The minimum Gasteiger partial charge on any atom is -0.497 e. The van der Waals surface area contributed by atoms with E-state index in [1.807, 2.05) is 48.5 Å². The number of amides is 4. The molecule has 44 heteroatoms. The third-order valence-electron chi connectivity index (χ3n) is 19.4. The highest BCUT2D eigenvalue weighted by Crippen LogP contribution is 2.41. The van der Waals surface area contributed by atoms with Gasteiger partial charge in [-0.1, -0.05) is 12.1 Å². The number of anilines is 2. The fourth-order valence-electron chi connectivity index (χ4n) is 14.2. The molecule has 120 heavy (non-hydrogen) atoms. The fraction of sp³-hybridized carbons (Fsp3) is 0.0526. The average Bonchev–Trinajstić information content (AvgIpc) is 0.684. The summed E-state index contributed by atoms with van der Waals surface area (Å²) in [5.74, 6) is -107. The smallest absolute Gasteiger partial charge is 0.377 e. The summed E-state index contributed by atoms with van der Waals surface area (Å²) in [6.07, 6.45) is -14.0. The summed E-state index contributed by atoms with van der Waals surface area (Å²) in [7, 11) is 6.53. The van der Waals surface area contributed by atoms with Crippen molar-refractivity contribution < 1.29 is 179 Å². The number of carbonyl (C=O) groups is 4. The molecule has 0 saturated heterocycles. The predicted molar refractivity (Wildman–Crippen MR) is 356 cm³/mol. The number of nitrogens with zero attached hydrogens (tertiary/aromatic N) is 4. The number of benzene rings is 10. The highest BCUT2D eigenvalue weighted by molar-refractivity contribution is 7.06. The number of aromatic nitrogens is 2. The molecule has 620 valence electrons. The van der Waals surface area contributed by atoms with E-state index in [0.29, 0.717) is 36.4 Å². The van der Waals surface area contributed by atoms with Crippen molar-refractivity contribution in [3.63, 3.8) is 0 Å². The minimum atomic E-state index is -6.65. The van der Waals surface area contributed by atoms with Crippen LogP contribution < -0.4 is 70.5 Å². The molecule has 4 heterocycles. The van der Waals surface area contributed by atoms with E-state index in [1.165, 1.54) is 0 Å². The third-order valence-corrected chi connectivity index (χ3v) is 19.4. The van der Waals surface area contributed by atoms with Gasteiger partial charge in [-0.25, -0.2) is 142 Å². The standard InChI is InChI=1S/C60H12B2F30N4O4.2C8H10O2/c63-27-21(28(64)40(76)51(87)39(27)75)61(22-29(65)41(77)52(88)42(78)30(22)66,23-31(67)43(79)53(89)44(80)32(23)68)93-9-1-3-13(11-93)95-57(97)15-5-7-17-20-18(8-6-16(19(15)20)58(95)98)60(100)96(59(17)99)14-4-2-10-94(12-14)62(24-33(69)45(81)54(90)46(82)34(24)70,25-35(71)47(83)55(91)48(84)36(25)72)26-37(73)49(85)56(92)50(86)38(26)74;2*1-9-7-4-3-5-8(6-7)10-2/h1-12H;2*3-6H,1-2H3. The first-order chi connectivity index (χ1) is 56.6. The van der Waals surface area contributed by atoms with Crippen LogP contribution in [0.3, 0.4) is 0 Å². The van der Waals surface area contributed by atoms with E-state index < -0.39 is 297 Å². The van der Waals surface area contributed by atoms with E-state index in [4.69, 9.17) is 18.9 Å². The van der Waals surface area contributed by atoms with Crippen molar-refractivity contribution in [2.75, 3.05) is 38.2 Å². The molecule has 14 rings (SSSR count). The second-order valence-electron chi connectivity index (χ2n) is 25.3. The van der Waals surface area contributed by atoms with Gasteiger partial charge >= 0.3 is 12.6 Å². The van der Waals surface area contributed by atoms with Gasteiger partial charge < -0.3 is 27.9 Å². The molecular weight excluding hydrogens is 1690 g/mol. The highest BCUT2D eigenvalue weighted by Gasteiger charge is 2.60. The van der Waals surface area contributed by atoms with Crippen LogP contribution >= 0.6 is 0 Å². The molecule has 2 aliphatic heterocycles. The number of pyridine rings is 2. The average molecular weight is 1720 g/mol. The van der Waals surface area contributed by atoms with Crippen molar-refractivity contribution in [2.45, 2.75) is 0 Å². The summed E-state index contributed by atoms with van der Waals surface area (Å²) in [6, 6.07) is 18.1. The summed E-state index contributed by atoms with van der Waals surface area (Å²) < 4.78 is 492. The first-order valence-electron chi connectivity index (χ1n) is 32.8. The van der Waals surface area contributed by atoms with E-state index in [2.05, 4.69) is 0 Å². The van der Waals surface area contributed by atoms with Crippen molar-refractivity contribution in [3.05, 3.63) is 319 Å². The molecule has 0 spiro atoms. The molecular formula is C76H32B2F30N4O8. The largest absolute Gasteiger partial charge is 0.497 e. The maximum Gasteiger partial charge on any atom is 0.377 e. The van der Waals surface area contributed by atoms with Crippen LogP contribution in [-0.2, 0) is 0 Å². The van der Waals surface area contributed by atoms with Gasteiger partial charge in [0.25, 0.3) is 23.6 Å². The molecule has 2 aliphatic rings. The van der Waals surface area contributed by atoms with Crippen LogP contribution in [-0.4, -0.2) is 64.6 Å². The quantitative estimate of drug-likeness (QED) is 0.0347. The fourth-order valence-corrected chi connectivity index (χ4v) is 14.2. The molecule has 10 aromatic carbocycles. The topological polar surface area (TPSA) is 119 Å². The maximum absolute atomic E-state index is 16.6. The van der Waals surface area contributed by atoms with Gasteiger partial charge in [-0.15, -0.1) is 0 Å². The van der Waals surface area contributed by atoms with Crippen LogP contribution in [0.2, 0.25) is 0 Å². The van der Waals surface area contributed by atoms with Crippen LogP contribution in [0.4, 0.5) is 143 Å². The van der Waals surface area contributed by atoms with Crippen LogP contribution in [0.1, 0.15) is 41.4 Å². The Morgan fingerprint density at radius 1 is 0.233 bits per heavy atom. The van der Waals surface area contributed by atoms with Gasteiger partial charge in [0, 0.05) is 45.2 Å². The molecule has 0 unspecified atom stereocenters. The van der Waals surface area contributed by atoms with Gasteiger partial charge in [0.15, 0.2) is 105 Å². The number of ether oxygens (including phenoxy) is 4. The Balaban J connectivity index is 0.000000578. The Labute approximate surface area is 647 Å². The Morgan fingerprint density at radius 3 is 0.567 bits per heavy atom. The minimum absolute atomic E-state index is 0.0924. The molecule has 0 bridgehead atoms. The number of imide groups is 2. The van der Waals surface area contributed by atoms with Gasteiger partial charge in [-0.2, -0.15) is 0 Å². The van der Waals surface area contributed by atoms with Crippen LogP contribution in [0.25, 0.3) is 10.8 Å². The van der Waals surface area contributed by atoms with Crippen molar-refractivity contribution in [1.29, 1.82) is 0 Å². The van der Waals surface area contributed by atoms with Crippen molar-refractivity contribution >= 4 is 91.1 Å². The Morgan fingerprint density at radius 2 is 0.400 bits per heavy atom. The van der Waals surface area contributed by atoms with E-state index in [1.54, 1.807) is 28.4 Å². The monoisotopic (exact) mass is 1720 g/mol. The first kappa shape index (κ1) is 85.6. The van der Waals surface area contributed by atoms with Gasteiger partial charge in [-0.05, 0) is 106 Å². The van der Waals surface area contributed by atoms with Crippen LogP contribution in [0, 0.1) is 175 Å². The van der Waals surface area contributed by atoms with E-state index in [9.17, 15) is 45.5 Å². The lowest BCUT2D eigenvalue weighted by molar-refractivity contribution is -0.539. The number of methoxy groups -OCH3 is 4. The number of halogens is 30. The van der Waals surface area contributed by atoms with Crippen molar-refractivity contribution in [3.8, 4) is 23.0 Å². The Kier molecular flexibility index (Phi) is 22.6. The summed E-state index contributed by atoms with van der Waals surface area (Å²) in [4.78, 5) is 58.9. The van der Waals surface area contributed by atoms with Crippen LogP contribution in [0.5, 0.6) is 23.0 Å². The molecule has 0 radical (unpaired) electrons. The molecule has 12 nitrogen and oxygen atoms in total. The maximum atomic E-state index is 16.6. The van der Waals surface area contributed by atoms with Gasteiger partial charge in [-0.3, -0.25) is 19.2 Å². The zero-order valence-corrected chi connectivity index (χ0v) is 59.1. The van der Waals surface area contributed by atoms with Gasteiger partial charge in [0.1, 0.15) is 129 Å². The van der Waals surface area contributed by atoms with Crippen molar-refractivity contribution in [2.24, 2.45) is 0 Å². The van der Waals surface area contributed by atoms with E-state index >= 15 is 105 Å².